The van der Waals surface area contributed by atoms with Crippen LogP contribution >= 0.6 is 34.2 Å². The summed E-state index contributed by atoms with van der Waals surface area (Å²) in [6.07, 6.45) is 27.1. The lowest BCUT2D eigenvalue weighted by atomic mass is 9.78. The molecule has 10 nitrogen and oxygen atoms in total. The Labute approximate surface area is 456 Å². The van der Waals surface area contributed by atoms with E-state index in [0.29, 0.717) is 48.0 Å². The third-order valence-corrected chi connectivity index (χ3v) is 17.9. The normalized spacial score (nSPS) is 20.5. The van der Waals surface area contributed by atoms with Gasteiger partial charge in [-0.2, -0.15) is 0 Å². The zero-order valence-electron chi connectivity index (χ0n) is 44.1. The smallest absolute Gasteiger partial charge is 0.310 e. The molecule has 4 aliphatic rings. The van der Waals surface area contributed by atoms with E-state index in [1.807, 2.05) is 77.2 Å². The highest BCUT2D eigenvalue weighted by Crippen LogP contribution is 2.45. The number of carbonyl (C=O) groups is 5. The highest BCUT2D eigenvalue weighted by Gasteiger charge is 2.50. The molecule has 398 valence electrons. The molecule has 1 saturated heterocycles. The van der Waals surface area contributed by atoms with Gasteiger partial charge in [-0.15, -0.1) is 0 Å². The van der Waals surface area contributed by atoms with E-state index in [1.54, 1.807) is 23.9 Å². The SMILES string of the molecule is CN(C(=O)C1(NC(=O)CI)CCCC1)[C@H](C(=O)N(C)[C@@H](CC(=O)OC(c1ccccc1)(c1ccc(C2CCCCCCCCCCCCCC2)cc1)c1ccccc1Cl)C(=O)N1CCCCC1)C1CCCCC1. The molecule has 0 radical (unpaired) electrons. The number of piperidine rings is 1. The van der Waals surface area contributed by atoms with Crippen LogP contribution in [0.2, 0.25) is 5.02 Å². The number of halogens is 2. The number of benzene rings is 3. The highest BCUT2D eigenvalue weighted by atomic mass is 127. The van der Waals surface area contributed by atoms with Gasteiger partial charge in [-0.05, 0) is 81.3 Å². The minimum atomic E-state index is -1.52. The predicted octanol–water partition coefficient (Wildman–Crippen LogP) is 13.2. The summed E-state index contributed by atoms with van der Waals surface area (Å²) in [7, 11) is 3.30. The van der Waals surface area contributed by atoms with Crippen molar-refractivity contribution in [1.29, 1.82) is 0 Å². The van der Waals surface area contributed by atoms with Crippen LogP contribution in [0.3, 0.4) is 0 Å². The first-order valence-electron chi connectivity index (χ1n) is 28.3. The topological polar surface area (TPSA) is 116 Å². The number of nitrogens with zero attached hydrogens (tertiary/aromatic N) is 3. The molecule has 4 fully saturated rings. The maximum atomic E-state index is 15.5. The molecule has 12 heteroatoms. The van der Waals surface area contributed by atoms with Crippen LogP contribution < -0.4 is 5.32 Å². The summed E-state index contributed by atoms with van der Waals surface area (Å²) in [5, 5.41) is 3.50. The molecule has 0 spiro atoms. The number of likely N-dealkylation sites (N-methyl/N-ethyl adjacent to an activating group) is 2. The Balaban J connectivity index is 1.24. The third kappa shape index (κ3) is 14.5. The van der Waals surface area contributed by atoms with Gasteiger partial charge >= 0.3 is 5.97 Å². The van der Waals surface area contributed by atoms with Crippen molar-refractivity contribution in [2.75, 3.05) is 31.6 Å². The first-order valence-corrected chi connectivity index (χ1v) is 30.2. The van der Waals surface area contributed by atoms with Gasteiger partial charge < -0.3 is 24.8 Å². The van der Waals surface area contributed by atoms with Gasteiger partial charge in [-0.3, -0.25) is 24.0 Å². The van der Waals surface area contributed by atoms with E-state index >= 15 is 14.4 Å². The van der Waals surface area contributed by atoms with Gasteiger partial charge in [0.25, 0.3) is 0 Å². The number of rotatable bonds is 15. The Morgan fingerprint density at radius 2 is 1.16 bits per heavy atom. The number of likely N-dealkylation sites (tertiary alicyclic amines) is 1. The number of carbonyl (C=O) groups excluding carboxylic acids is 5. The zero-order chi connectivity index (χ0) is 51.6. The second-order valence-electron chi connectivity index (χ2n) is 21.9. The van der Waals surface area contributed by atoms with Crippen molar-refractivity contribution >= 4 is 63.8 Å². The first kappa shape index (κ1) is 56.8. The van der Waals surface area contributed by atoms with Crippen molar-refractivity contribution in [2.24, 2.45) is 5.92 Å². The summed E-state index contributed by atoms with van der Waals surface area (Å²) >= 11 is 9.23. The Kier molecular flexibility index (Phi) is 22.0. The molecule has 3 aromatic carbocycles. The van der Waals surface area contributed by atoms with E-state index in [-0.39, 0.29) is 34.0 Å². The van der Waals surface area contributed by atoms with E-state index in [9.17, 15) is 9.59 Å². The molecule has 73 heavy (non-hydrogen) atoms. The van der Waals surface area contributed by atoms with Gasteiger partial charge in [0.1, 0.15) is 17.6 Å². The molecule has 4 amide bonds. The van der Waals surface area contributed by atoms with Crippen LogP contribution in [0.25, 0.3) is 0 Å². The summed E-state index contributed by atoms with van der Waals surface area (Å²) in [4.78, 5) is 78.5. The Bertz CT molecular complexity index is 2230. The first-order chi connectivity index (χ1) is 35.5. The maximum absolute atomic E-state index is 15.5. The van der Waals surface area contributed by atoms with Gasteiger partial charge in [0.05, 0.1) is 10.8 Å². The lowest BCUT2D eigenvalue weighted by molar-refractivity contribution is -0.161. The molecule has 7 rings (SSSR count). The number of alkyl halides is 1. The lowest BCUT2D eigenvalue weighted by Crippen LogP contribution is -2.64. The number of nitrogens with one attached hydrogen (secondary N) is 1. The van der Waals surface area contributed by atoms with Crippen LogP contribution in [-0.4, -0.2) is 93.5 Å². The number of amides is 4. The van der Waals surface area contributed by atoms with E-state index in [0.717, 1.165) is 82.6 Å². The molecule has 3 aromatic rings. The molecule has 1 N–H and O–H groups in total. The third-order valence-electron chi connectivity index (χ3n) is 16.9. The predicted molar refractivity (Wildman–Crippen MR) is 301 cm³/mol. The van der Waals surface area contributed by atoms with Gasteiger partial charge in [-0.25, -0.2) is 0 Å². The van der Waals surface area contributed by atoms with Crippen LogP contribution in [0.1, 0.15) is 202 Å². The minimum absolute atomic E-state index is 0.160. The molecule has 3 saturated carbocycles. The Hall–Kier alpha value is -3.97. The minimum Gasteiger partial charge on any atom is -0.444 e. The van der Waals surface area contributed by atoms with Crippen molar-refractivity contribution in [1.82, 2.24) is 20.0 Å². The number of hydrogen-bond acceptors (Lipinski definition) is 6. The van der Waals surface area contributed by atoms with Gasteiger partial charge in [0.15, 0.2) is 5.60 Å². The second-order valence-corrected chi connectivity index (χ2v) is 23.1. The second kappa shape index (κ2) is 28.2. The molecule has 1 aliphatic heterocycles. The number of ether oxygens (including phenoxy) is 1. The fourth-order valence-electron chi connectivity index (χ4n) is 12.8. The van der Waals surface area contributed by atoms with Crippen molar-refractivity contribution in [3.8, 4) is 0 Å². The molecule has 1 heterocycles. The maximum Gasteiger partial charge on any atom is 0.310 e. The molecule has 0 bridgehead atoms. The van der Waals surface area contributed by atoms with E-state index in [1.165, 1.54) is 87.5 Å². The highest BCUT2D eigenvalue weighted by molar-refractivity contribution is 14.1. The van der Waals surface area contributed by atoms with Crippen molar-refractivity contribution in [3.05, 3.63) is 106 Å². The summed E-state index contributed by atoms with van der Waals surface area (Å²) in [5.74, 6) is -1.57. The van der Waals surface area contributed by atoms with Crippen LogP contribution in [0, 0.1) is 5.92 Å². The van der Waals surface area contributed by atoms with Crippen molar-refractivity contribution in [3.63, 3.8) is 0 Å². The van der Waals surface area contributed by atoms with Crippen LogP contribution in [0.4, 0.5) is 0 Å². The fourth-order valence-corrected chi connectivity index (χ4v) is 13.3. The molecule has 0 aromatic heterocycles. The zero-order valence-corrected chi connectivity index (χ0v) is 47.0. The molecule has 1 unspecified atom stereocenters. The number of esters is 1. The molecule has 3 aliphatic carbocycles. The van der Waals surface area contributed by atoms with Crippen LogP contribution in [0.5, 0.6) is 0 Å². The Morgan fingerprint density at radius 1 is 0.658 bits per heavy atom. The number of hydrogen-bond donors (Lipinski definition) is 1. The quantitative estimate of drug-likeness (QED) is 0.0701. The largest absolute Gasteiger partial charge is 0.444 e. The standard InChI is InChI=1S/C61H84ClIN4O6/c1-65(58(71)56(48-30-18-13-19-31-48)66(2)59(72)60(40-24-25-41-60)64-54(68)45-63)53(57(70)67-42-26-15-27-43-67)44-55(69)73-61(49-32-20-14-21-33-49,51-34-22-23-35-52(51)62)50-38-36-47(37-39-50)46-28-16-11-9-7-5-3-4-6-8-10-12-17-29-46/h14,20-23,32-39,46,48,53,56H,3-13,15-19,24-31,40-45H2,1-2H3,(H,64,68)/t53-,56-,61?/m0/s1. The Morgan fingerprint density at radius 3 is 1.74 bits per heavy atom. The van der Waals surface area contributed by atoms with E-state index < -0.39 is 35.6 Å². The fraction of sp³-hybridized carbons (Fsp3) is 0.623. The van der Waals surface area contributed by atoms with Gasteiger partial charge in [0.2, 0.25) is 23.6 Å². The van der Waals surface area contributed by atoms with Crippen LogP contribution in [0.15, 0.2) is 78.9 Å². The average molecular weight is 1130 g/mol. The molecule has 3 atom stereocenters. The van der Waals surface area contributed by atoms with Crippen molar-refractivity contribution in [2.45, 2.75) is 203 Å². The van der Waals surface area contributed by atoms with Gasteiger partial charge in [0, 0.05) is 48.9 Å². The van der Waals surface area contributed by atoms with Crippen molar-refractivity contribution < 1.29 is 28.7 Å². The molecular weight excluding hydrogens is 1050 g/mol. The van der Waals surface area contributed by atoms with E-state index in [4.69, 9.17) is 16.3 Å². The molecular formula is C61H84ClIN4O6. The summed E-state index contributed by atoms with van der Waals surface area (Å²) < 4.78 is 7.26. The summed E-state index contributed by atoms with van der Waals surface area (Å²) in [6.45, 7) is 1.05. The average Bonchev–Trinajstić information content (AvgIpc) is 3.90. The van der Waals surface area contributed by atoms with E-state index in [2.05, 4.69) is 29.6 Å². The van der Waals surface area contributed by atoms with Gasteiger partial charge in [-0.1, -0.05) is 216 Å². The van der Waals surface area contributed by atoms with Crippen LogP contribution in [-0.2, 0) is 34.3 Å². The summed E-state index contributed by atoms with van der Waals surface area (Å²) in [5.41, 5.74) is 0.697. The lowest BCUT2D eigenvalue weighted by Gasteiger charge is -2.43. The monoisotopic (exact) mass is 1130 g/mol. The summed E-state index contributed by atoms with van der Waals surface area (Å²) in [6, 6.07) is 23.7.